The Hall–Kier alpha value is -1.81. The van der Waals surface area contributed by atoms with Crippen LogP contribution in [-0.4, -0.2) is 30.3 Å². The minimum atomic E-state index is 0.275. The number of aliphatic hydroxyl groups excluding tert-OH is 1. The predicted molar refractivity (Wildman–Crippen MR) is 85.1 cm³/mol. The highest BCUT2D eigenvalue weighted by Gasteiger charge is 2.08. The first kappa shape index (κ1) is 14.6. The average Bonchev–Trinajstić information content (AvgIpc) is 2.43. The first-order valence-electron chi connectivity index (χ1n) is 7.10. The molecule has 2 aromatic rings. The zero-order valence-electron chi connectivity index (χ0n) is 12.3. The number of nitrogens with zero attached hydrogens (tertiary/aromatic N) is 2. The van der Waals surface area contributed by atoms with Gasteiger partial charge in [0.1, 0.15) is 0 Å². The van der Waals surface area contributed by atoms with E-state index < -0.39 is 0 Å². The molecule has 0 amide bonds. The van der Waals surface area contributed by atoms with Crippen LogP contribution >= 0.6 is 0 Å². The number of aromatic nitrogens is 1. The van der Waals surface area contributed by atoms with E-state index in [4.69, 9.17) is 10.8 Å². The van der Waals surface area contributed by atoms with Crippen molar-refractivity contribution in [3.05, 3.63) is 30.0 Å². The van der Waals surface area contributed by atoms with E-state index in [2.05, 4.69) is 23.0 Å². The standard InChI is InChI=1S/C16H23N3O/c1-12-10-16(19(2)8-4-3-5-9-20)14-11-13(17)6-7-15(14)18-12/h6-7,10-11,20H,3-5,8-9,17H2,1-2H3. The van der Waals surface area contributed by atoms with Gasteiger partial charge in [-0.25, -0.2) is 0 Å². The monoisotopic (exact) mass is 273 g/mol. The van der Waals surface area contributed by atoms with Crippen LogP contribution in [0.4, 0.5) is 11.4 Å². The minimum Gasteiger partial charge on any atom is -0.399 e. The molecule has 0 atom stereocenters. The van der Waals surface area contributed by atoms with Gasteiger partial charge in [0.25, 0.3) is 0 Å². The summed E-state index contributed by atoms with van der Waals surface area (Å²) in [6.07, 6.45) is 2.99. The fourth-order valence-corrected chi connectivity index (χ4v) is 2.43. The first-order valence-corrected chi connectivity index (χ1v) is 7.10. The van der Waals surface area contributed by atoms with Crippen LogP contribution in [0.2, 0.25) is 0 Å². The molecule has 0 radical (unpaired) electrons. The van der Waals surface area contributed by atoms with Crippen molar-refractivity contribution in [2.45, 2.75) is 26.2 Å². The summed E-state index contributed by atoms with van der Waals surface area (Å²) in [7, 11) is 2.09. The van der Waals surface area contributed by atoms with Crippen molar-refractivity contribution in [2.75, 3.05) is 30.8 Å². The lowest BCUT2D eigenvalue weighted by atomic mass is 10.1. The number of aliphatic hydroxyl groups is 1. The normalized spacial score (nSPS) is 10.9. The van der Waals surface area contributed by atoms with Crippen molar-refractivity contribution in [3.63, 3.8) is 0 Å². The maximum atomic E-state index is 8.82. The van der Waals surface area contributed by atoms with E-state index >= 15 is 0 Å². The van der Waals surface area contributed by atoms with Crippen molar-refractivity contribution in [2.24, 2.45) is 0 Å². The van der Waals surface area contributed by atoms with Crippen molar-refractivity contribution in [1.29, 1.82) is 0 Å². The molecule has 1 aromatic heterocycles. The van der Waals surface area contributed by atoms with Gasteiger partial charge in [0.05, 0.1) is 5.52 Å². The third kappa shape index (κ3) is 3.39. The van der Waals surface area contributed by atoms with Crippen molar-refractivity contribution in [3.8, 4) is 0 Å². The summed E-state index contributed by atoms with van der Waals surface area (Å²) in [6, 6.07) is 7.95. The molecular weight excluding hydrogens is 250 g/mol. The topological polar surface area (TPSA) is 62.4 Å². The molecule has 1 heterocycles. The highest BCUT2D eigenvalue weighted by atomic mass is 16.2. The molecule has 0 spiro atoms. The third-order valence-corrected chi connectivity index (χ3v) is 3.50. The summed E-state index contributed by atoms with van der Waals surface area (Å²) in [4.78, 5) is 6.80. The Labute approximate surface area is 120 Å². The van der Waals surface area contributed by atoms with Crippen molar-refractivity contribution >= 4 is 22.3 Å². The maximum Gasteiger partial charge on any atom is 0.0727 e. The fourth-order valence-electron chi connectivity index (χ4n) is 2.43. The van der Waals surface area contributed by atoms with Gasteiger partial charge in [-0.15, -0.1) is 0 Å². The molecular formula is C16H23N3O. The van der Waals surface area contributed by atoms with E-state index in [0.29, 0.717) is 0 Å². The van der Waals surface area contributed by atoms with E-state index in [1.165, 1.54) is 5.69 Å². The average molecular weight is 273 g/mol. The van der Waals surface area contributed by atoms with Gasteiger partial charge in [0.15, 0.2) is 0 Å². The van der Waals surface area contributed by atoms with Gasteiger partial charge in [0.2, 0.25) is 0 Å². The molecule has 4 heteroatoms. The Morgan fingerprint density at radius 3 is 2.75 bits per heavy atom. The summed E-state index contributed by atoms with van der Waals surface area (Å²) in [5.41, 5.74) is 9.83. The molecule has 0 saturated heterocycles. The van der Waals surface area contributed by atoms with Gasteiger partial charge in [0, 0.05) is 42.7 Å². The number of unbranched alkanes of at least 4 members (excludes halogenated alkanes) is 2. The first-order chi connectivity index (χ1) is 9.61. The van der Waals surface area contributed by atoms with Gasteiger partial charge >= 0.3 is 0 Å². The van der Waals surface area contributed by atoms with Crippen LogP contribution in [0, 0.1) is 6.92 Å². The van der Waals surface area contributed by atoms with Gasteiger partial charge < -0.3 is 15.7 Å². The minimum absolute atomic E-state index is 0.275. The lowest BCUT2D eigenvalue weighted by molar-refractivity contribution is 0.283. The Bertz CT molecular complexity index is 583. The summed E-state index contributed by atoms with van der Waals surface area (Å²) in [6.45, 7) is 3.25. The van der Waals surface area contributed by atoms with Crippen LogP contribution in [0.3, 0.4) is 0 Å². The Morgan fingerprint density at radius 2 is 2.00 bits per heavy atom. The van der Waals surface area contributed by atoms with Crippen molar-refractivity contribution in [1.82, 2.24) is 4.98 Å². The molecule has 20 heavy (non-hydrogen) atoms. The number of nitrogens with two attached hydrogens (primary N) is 1. The molecule has 4 nitrogen and oxygen atoms in total. The predicted octanol–water partition coefficient (Wildman–Crippen LogP) is 2.72. The Morgan fingerprint density at radius 1 is 1.20 bits per heavy atom. The number of nitrogen functional groups attached to an aromatic ring is 1. The van der Waals surface area contributed by atoms with Crippen LogP contribution in [0.5, 0.6) is 0 Å². The summed E-state index contributed by atoms with van der Waals surface area (Å²) < 4.78 is 0. The summed E-state index contributed by atoms with van der Waals surface area (Å²) >= 11 is 0. The van der Waals surface area contributed by atoms with E-state index in [1.54, 1.807) is 0 Å². The maximum absolute atomic E-state index is 8.82. The lowest BCUT2D eigenvalue weighted by Crippen LogP contribution is -2.19. The summed E-state index contributed by atoms with van der Waals surface area (Å²) in [5, 5.41) is 9.92. The van der Waals surface area contributed by atoms with Gasteiger partial charge in [-0.3, -0.25) is 4.98 Å². The molecule has 0 fully saturated rings. The van der Waals surface area contributed by atoms with Gasteiger partial charge in [-0.2, -0.15) is 0 Å². The number of benzene rings is 1. The van der Waals surface area contributed by atoms with Crippen LogP contribution in [0.25, 0.3) is 10.9 Å². The number of rotatable bonds is 6. The number of pyridine rings is 1. The molecule has 0 aliphatic carbocycles. The second kappa shape index (κ2) is 6.57. The molecule has 1 aromatic carbocycles. The molecule has 0 bridgehead atoms. The Balaban J connectivity index is 2.25. The number of hydrogen-bond donors (Lipinski definition) is 2. The number of fused-ring (bicyclic) bond motifs is 1. The zero-order valence-corrected chi connectivity index (χ0v) is 12.3. The van der Waals surface area contributed by atoms with Gasteiger partial charge in [-0.05, 0) is 50.5 Å². The molecule has 108 valence electrons. The largest absolute Gasteiger partial charge is 0.399 e. The van der Waals surface area contributed by atoms with Crippen molar-refractivity contribution < 1.29 is 5.11 Å². The molecule has 0 aliphatic rings. The molecule has 2 rings (SSSR count). The number of anilines is 2. The SMILES string of the molecule is Cc1cc(N(C)CCCCCO)c2cc(N)ccc2n1. The van der Waals surface area contributed by atoms with Crippen LogP contribution in [0.15, 0.2) is 24.3 Å². The lowest BCUT2D eigenvalue weighted by Gasteiger charge is -2.21. The second-order valence-electron chi connectivity index (χ2n) is 5.27. The zero-order chi connectivity index (χ0) is 14.5. The Kier molecular flexibility index (Phi) is 4.79. The molecule has 0 saturated carbocycles. The van der Waals surface area contributed by atoms with Crippen LogP contribution in [-0.2, 0) is 0 Å². The highest BCUT2D eigenvalue weighted by Crippen LogP contribution is 2.28. The number of aryl methyl sites for hydroxylation is 1. The number of hydrogen-bond acceptors (Lipinski definition) is 4. The third-order valence-electron chi connectivity index (χ3n) is 3.50. The highest BCUT2D eigenvalue weighted by molar-refractivity contribution is 5.93. The van der Waals surface area contributed by atoms with E-state index in [9.17, 15) is 0 Å². The van der Waals surface area contributed by atoms with E-state index in [1.807, 2.05) is 25.1 Å². The second-order valence-corrected chi connectivity index (χ2v) is 5.27. The van der Waals surface area contributed by atoms with E-state index in [0.717, 1.165) is 48.1 Å². The summed E-state index contributed by atoms with van der Waals surface area (Å²) in [5.74, 6) is 0. The fraction of sp³-hybridized carbons (Fsp3) is 0.438. The van der Waals surface area contributed by atoms with Crippen LogP contribution in [0.1, 0.15) is 25.0 Å². The molecule has 3 N–H and O–H groups in total. The molecule has 0 unspecified atom stereocenters. The quantitative estimate of drug-likeness (QED) is 0.627. The van der Waals surface area contributed by atoms with Crippen LogP contribution < -0.4 is 10.6 Å². The van der Waals surface area contributed by atoms with E-state index in [-0.39, 0.29) is 6.61 Å². The van der Waals surface area contributed by atoms with Gasteiger partial charge in [-0.1, -0.05) is 0 Å². The smallest absolute Gasteiger partial charge is 0.0727 e. The molecule has 0 aliphatic heterocycles.